The first kappa shape index (κ1) is 10.7. The van der Waals surface area contributed by atoms with Gasteiger partial charge >= 0.3 is 0 Å². The highest BCUT2D eigenvalue weighted by Gasteiger charge is 2.38. The highest BCUT2D eigenvalue weighted by atomic mass is 32.1. The van der Waals surface area contributed by atoms with Crippen molar-refractivity contribution < 1.29 is 0 Å². The van der Waals surface area contributed by atoms with Gasteiger partial charge in [-0.2, -0.15) is 0 Å². The fourth-order valence-corrected chi connectivity index (χ4v) is 3.67. The molecule has 3 atom stereocenters. The van der Waals surface area contributed by atoms with Gasteiger partial charge in [-0.05, 0) is 38.8 Å². The van der Waals surface area contributed by atoms with Gasteiger partial charge in [0.05, 0.1) is 16.7 Å². The second kappa shape index (κ2) is 4.09. The highest BCUT2D eigenvalue weighted by molar-refractivity contribution is 7.09. The van der Waals surface area contributed by atoms with E-state index in [1.807, 2.05) is 0 Å². The van der Waals surface area contributed by atoms with Crippen LogP contribution in [-0.2, 0) is 0 Å². The topological polar surface area (TPSA) is 28.2 Å². The Labute approximate surface area is 101 Å². The molecule has 1 aromatic heterocycles. The number of aryl methyl sites for hydroxylation is 1. The maximum atomic E-state index is 4.61. The Morgan fingerprint density at radius 1 is 1.44 bits per heavy atom. The van der Waals surface area contributed by atoms with E-state index in [1.54, 1.807) is 11.3 Å². The number of hydrogen-bond donors (Lipinski definition) is 1. The second-order valence-corrected chi connectivity index (χ2v) is 6.16. The van der Waals surface area contributed by atoms with Crippen molar-refractivity contribution in [3.63, 3.8) is 0 Å². The van der Waals surface area contributed by atoms with E-state index in [4.69, 9.17) is 0 Å². The van der Waals surface area contributed by atoms with Crippen molar-refractivity contribution in [3.8, 4) is 0 Å². The minimum Gasteiger partial charge on any atom is -0.316 e. The maximum absolute atomic E-state index is 4.61. The zero-order valence-electron chi connectivity index (χ0n) is 9.94. The van der Waals surface area contributed by atoms with E-state index in [0.717, 1.165) is 11.8 Å². The molecule has 3 rings (SSSR count). The number of thiazole rings is 1. The summed E-state index contributed by atoms with van der Waals surface area (Å²) in [5.41, 5.74) is 1.26. The fraction of sp³-hybridized carbons (Fsp3) is 0.750. The van der Waals surface area contributed by atoms with E-state index in [9.17, 15) is 0 Å². The quantitative estimate of drug-likeness (QED) is 0.848. The van der Waals surface area contributed by atoms with Crippen molar-refractivity contribution >= 4 is 11.3 Å². The molecule has 3 heterocycles. The first-order valence-corrected chi connectivity index (χ1v) is 6.99. The normalized spacial score (nSPS) is 31.9. The van der Waals surface area contributed by atoms with Gasteiger partial charge in [0.25, 0.3) is 0 Å². The number of hydrogen-bond acceptors (Lipinski definition) is 4. The zero-order valence-corrected chi connectivity index (χ0v) is 10.8. The average Bonchev–Trinajstić information content (AvgIpc) is 2.89. The number of rotatable bonds is 2. The Balaban J connectivity index is 1.70. The van der Waals surface area contributed by atoms with Gasteiger partial charge in [-0.25, -0.2) is 4.98 Å². The van der Waals surface area contributed by atoms with Gasteiger partial charge in [-0.15, -0.1) is 11.3 Å². The van der Waals surface area contributed by atoms with E-state index in [2.05, 4.69) is 34.4 Å². The third kappa shape index (κ3) is 1.79. The largest absolute Gasteiger partial charge is 0.316 e. The van der Waals surface area contributed by atoms with Crippen LogP contribution in [0.25, 0.3) is 0 Å². The summed E-state index contributed by atoms with van der Waals surface area (Å²) in [6.07, 6.45) is 0. The molecule has 4 heteroatoms. The van der Waals surface area contributed by atoms with Crippen LogP contribution in [0.3, 0.4) is 0 Å². The van der Waals surface area contributed by atoms with Gasteiger partial charge in [-0.3, -0.25) is 4.90 Å². The highest BCUT2D eigenvalue weighted by Crippen LogP contribution is 2.32. The summed E-state index contributed by atoms with van der Waals surface area (Å²) in [6, 6.07) is 0.496. The smallest absolute Gasteiger partial charge is 0.0898 e. The molecule has 1 N–H and O–H groups in total. The lowest BCUT2D eigenvalue weighted by atomic mass is 10.0. The van der Waals surface area contributed by atoms with Gasteiger partial charge < -0.3 is 5.32 Å². The van der Waals surface area contributed by atoms with Crippen LogP contribution in [0.5, 0.6) is 0 Å². The lowest BCUT2D eigenvalue weighted by Gasteiger charge is -2.23. The summed E-state index contributed by atoms with van der Waals surface area (Å²) in [4.78, 5) is 7.21. The molecule has 0 saturated carbocycles. The van der Waals surface area contributed by atoms with E-state index < -0.39 is 0 Å². The van der Waals surface area contributed by atoms with Crippen LogP contribution >= 0.6 is 11.3 Å². The molecule has 0 bridgehead atoms. The molecule has 88 valence electrons. The molecule has 1 unspecified atom stereocenters. The van der Waals surface area contributed by atoms with E-state index in [0.29, 0.717) is 6.04 Å². The number of fused-ring (bicyclic) bond motifs is 1. The predicted molar refractivity (Wildman–Crippen MR) is 66.7 cm³/mol. The molecular weight excluding hydrogens is 218 g/mol. The lowest BCUT2D eigenvalue weighted by Crippen LogP contribution is -2.28. The van der Waals surface area contributed by atoms with Crippen LogP contribution in [0.15, 0.2) is 5.38 Å². The van der Waals surface area contributed by atoms with E-state index >= 15 is 0 Å². The third-order valence-electron chi connectivity index (χ3n) is 4.03. The van der Waals surface area contributed by atoms with Crippen LogP contribution < -0.4 is 5.32 Å². The third-order valence-corrected chi connectivity index (χ3v) is 4.82. The molecule has 3 nitrogen and oxygen atoms in total. The summed E-state index contributed by atoms with van der Waals surface area (Å²) in [7, 11) is 0. The Bertz CT molecular complexity index is 364. The summed E-state index contributed by atoms with van der Waals surface area (Å²) in [5.74, 6) is 1.75. The number of nitrogens with zero attached hydrogens (tertiary/aromatic N) is 2. The minimum absolute atomic E-state index is 0.496. The Morgan fingerprint density at radius 3 is 2.69 bits per heavy atom. The molecular formula is C12H19N3S. The first-order chi connectivity index (χ1) is 7.74. The number of nitrogens with one attached hydrogen (secondary N) is 1. The van der Waals surface area contributed by atoms with Crippen molar-refractivity contribution in [1.82, 2.24) is 15.2 Å². The number of aromatic nitrogens is 1. The summed E-state index contributed by atoms with van der Waals surface area (Å²) >= 11 is 1.76. The van der Waals surface area contributed by atoms with Crippen molar-refractivity contribution in [2.45, 2.75) is 19.9 Å². The minimum atomic E-state index is 0.496. The second-order valence-electron chi connectivity index (χ2n) is 5.10. The van der Waals surface area contributed by atoms with E-state index in [1.165, 1.54) is 36.9 Å². The molecule has 2 aliphatic heterocycles. The summed E-state index contributed by atoms with van der Waals surface area (Å²) in [5, 5.41) is 6.89. The fourth-order valence-electron chi connectivity index (χ4n) is 2.97. The monoisotopic (exact) mass is 237 g/mol. The van der Waals surface area contributed by atoms with Crippen molar-refractivity contribution in [2.75, 3.05) is 26.2 Å². The summed E-state index contributed by atoms with van der Waals surface area (Å²) in [6.45, 7) is 9.30. The molecule has 0 aromatic carbocycles. The average molecular weight is 237 g/mol. The van der Waals surface area contributed by atoms with Crippen LogP contribution in [-0.4, -0.2) is 36.1 Å². The Kier molecular flexibility index (Phi) is 2.73. The maximum Gasteiger partial charge on any atom is 0.0898 e. The van der Waals surface area contributed by atoms with Crippen LogP contribution in [0.2, 0.25) is 0 Å². The first-order valence-electron chi connectivity index (χ1n) is 6.11. The van der Waals surface area contributed by atoms with Gasteiger partial charge in [0.1, 0.15) is 0 Å². The zero-order chi connectivity index (χ0) is 11.1. The van der Waals surface area contributed by atoms with E-state index in [-0.39, 0.29) is 0 Å². The van der Waals surface area contributed by atoms with Gasteiger partial charge in [-0.1, -0.05) is 0 Å². The molecule has 0 radical (unpaired) electrons. The van der Waals surface area contributed by atoms with Gasteiger partial charge in [0.2, 0.25) is 0 Å². The van der Waals surface area contributed by atoms with Crippen molar-refractivity contribution in [3.05, 3.63) is 16.1 Å². The molecule has 1 aromatic rings. The Morgan fingerprint density at radius 2 is 2.12 bits per heavy atom. The van der Waals surface area contributed by atoms with Gasteiger partial charge in [0.15, 0.2) is 0 Å². The SMILES string of the molecule is Cc1nc(C(C)N2C[C@H]3CNC[C@H]3C2)cs1. The van der Waals surface area contributed by atoms with Crippen molar-refractivity contribution in [2.24, 2.45) is 11.8 Å². The molecule has 0 spiro atoms. The molecule has 2 saturated heterocycles. The molecule has 0 aliphatic carbocycles. The van der Waals surface area contributed by atoms with Gasteiger partial charge in [0, 0.05) is 18.5 Å². The van der Waals surface area contributed by atoms with Crippen LogP contribution in [0.4, 0.5) is 0 Å². The standard InChI is InChI=1S/C12H19N3S/c1-8(12-7-16-9(2)14-12)15-5-10-3-13-4-11(10)6-15/h7-8,10-11,13H,3-6H2,1-2H3/t8?,10-,11+. The molecule has 16 heavy (non-hydrogen) atoms. The van der Waals surface area contributed by atoms with Crippen LogP contribution in [0, 0.1) is 18.8 Å². The predicted octanol–water partition coefficient (Wildman–Crippen LogP) is 1.66. The van der Waals surface area contributed by atoms with Crippen LogP contribution in [0.1, 0.15) is 23.7 Å². The molecule has 2 aliphatic rings. The van der Waals surface area contributed by atoms with Crippen molar-refractivity contribution in [1.29, 1.82) is 0 Å². The summed E-state index contributed by atoms with van der Waals surface area (Å²) < 4.78 is 0. The molecule has 0 amide bonds. The Hall–Kier alpha value is -0.450. The number of likely N-dealkylation sites (tertiary alicyclic amines) is 1. The molecule has 2 fully saturated rings. The lowest BCUT2D eigenvalue weighted by molar-refractivity contribution is 0.240.